The number of ether oxygens (including phenoxy) is 1. The van der Waals surface area contributed by atoms with E-state index in [1.54, 1.807) is 0 Å². The van der Waals surface area contributed by atoms with E-state index in [-0.39, 0.29) is 24.5 Å². The third-order valence-corrected chi connectivity index (χ3v) is 9.22. The number of benzene rings is 3. The fourth-order valence-corrected chi connectivity index (χ4v) is 6.90. The van der Waals surface area contributed by atoms with E-state index >= 15 is 0 Å². The minimum Gasteiger partial charge on any atom is -0.373 e. The summed E-state index contributed by atoms with van der Waals surface area (Å²) in [6.07, 6.45) is 8.90. The standard InChI is InChI=1S/C37H43N3O2/c1-2-34(27-13-5-3-6-14-27)38-36(41)25-32-31-19-11-12-20-35(31)39-37(28-15-7-4-8-16-28)33(32)26-42-30-21-23-40(24-22-30)29-17-9-10-18-29/h3-8,11-16,19-20,29-30,34H,2,9-10,17-18,21-26H2,1H3,(H,38,41)/t34-/m0/s1. The summed E-state index contributed by atoms with van der Waals surface area (Å²) in [7, 11) is 0. The van der Waals surface area contributed by atoms with Crippen LogP contribution in [0.4, 0.5) is 0 Å². The average Bonchev–Trinajstić information content (AvgIpc) is 3.59. The molecule has 2 fully saturated rings. The van der Waals surface area contributed by atoms with Gasteiger partial charge in [0.25, 0.3) is 0 Å². The van der Waals surface area contributed by atoms with Gasteiger partial charge < -0.3 is 15.0 Å². The van der Waals surface area contributed by atoms with Crippen molar-refractivity contribution in [1.82, 2.24) is 15.2 Å². The van der Waals surface area contributed by atoms with Crippen LogP contribution < -0.4 is 5.32 Å². The van der Waals surface area contributed by atoms with Crippen LogP contribution in [0.1, 0.15) is 74.6 Å². The zero-order valence-electron chi connectivity index (χ0n) is 24.8. The zero-order chi connectivity index (χ0) is 28.7. The van der Waals surface area contributed by atoms with Gasteiger partial charge >= 0.3 is 0 Å². The Balaban J connectivity index is 1.28. The molecular formula is C37H43N3O2. The number of nitrogens with zero attached hydrogens (tertiary/aromatic N) is 2. The highest BCUT2D eigenvalue weighted by atomic mass is 16.5. The van der Waals surface area contributed by atoms with Gasteiger partial charge in [-0.25, -0.2) is 4.98 Å². The Kier molecular flexibility index (Phi) is 9.27. The number of aromatic nitrogens is 1. The van der Waals surface area contributed by atoms with E-state index in [1.165, 1.54) is 25.7 Å². The van der Waals surface area contributed by atoms with Crippen molar-refractivity contribution >= 4 is 16.8 Å². The number of amides is 1. The van der Waals surface area contributed by atoms with Crippen molar-refractivity contribution in [3.63, 3.8) is 0 Å². The van der Waals surface area contributed by atoms with Gasteiger partial charge in [0.1, 0.15) is 0 Å². The van der Waals surface area contributed by atoms with Gasteiger partial charge in [-0.2, -0.15) is 0 Å². The maximum Gasteiger partial charge on any atom is 0.224 e. The van der Waals surface area contributed by atoms with Crippen LogP contribution in [0.25, 0.3) is 22.2 Å². The third kappa shape index (κ3) is 6.58. The molecule has 6 rings (SSSR count). The second-order valence-electron chi connectivity index (χ2n) is 11.9. The Labute approximate surface area is 250 Å². The topological polar surface area (TPSA) is 54.5 Å². The Bertz CT molecular complexity index is 1460. The van der Waals surface area contributed by atoms with E-state index in [1.807, 2.05) is 54.6 Å². The van der Waals surface area contributed by atoms with Crippen LogP contribution in [-0.2, 0) is 22.6 Å². The molecule has 4 aromatic rings. The SMILES string of the molecule is CC[C@H](NC(=O)Cc1c(COC2CCN(C3CCCC3)CC2)c(-c2ccccc2)nc2ccccc12)c1ccccc1. The molecule has 1 saturated carbocycles. The minimum atomic E-state index is -0.0230. The van der Waals surface area contributed by atoms with Gasteiger partial charge in [0.2, 0.25) is 5.91 Å². The smallest absolute Gasteiger partial charge is 0.224 e. The quantitative estimate of drug-likeness (QED) is 0.216. The lowest BCUT2D eigenvalue weighted by molar-refractivity contribution is -0.121. The molecule has 0 spiro atoms. The van der Waals surface area contributed by atoms with Crippen molar-refractivity contribution in [1.29, 1.82) is 0 Å². The lowest BCUT2D eigenvalue weighted by Crippen LogP contribution is -2.42. The maximum absolute atomic E-state index is 13.7. The van der Waals surface area contributed by atoms with Crippen molar-refractivity contribution in [3.8, 4) is 11.3 Å². The van der Waals surface area contributed by atoms with Crippen LogP contribution in [0.3, 0.4) is 0 Å². The average molecular weight is 562 g/mol. The minimum absolute atomic E-state index is 0.0205. The van der Waals surface area contributed by atoms with Crippen LogP contribution in [0, 0.1) is 0 Å². The van der Waals surface area contributed by atoms with Crippen molar-refractivity contribution in [2.75, 3.05) is 13.1 Å². The van der Waals surface area contributed by atoms with Crippen LogP contribution >= 0.6 is 0 Å². The molecule has 5 nitrogen and oxygen atoms in total. The number of likely N-dealkylation sites (tertiary alicyclic amines) is 1. The lowest BCUT2D eigenvalue weighted by atomic mass is 9.94. The molecule has 0 radical (unpaired) electrons. The normalized spacial score (nSPS) is 17.5. The summed E-state index contributed by atoms with van der Waals surface area (Å²) >= 11 is 0. The highest BCUT2D eigenvalue weighted by Crippen LogP contribution is 2.33. The number of hydrogen-bond donors (Lipinski definition) is 1. The summed E-state index contributed by atoms with van der Waals surface area (Å²) in [4.78, 5) is 21.5. The predicted molar refractivity (Wildman–Crippen MR) is 170 cm³/mol. The Morgan fingerprint density at radius 3 is 2.26 bits per heavy atom. The molecule has 2 heterocycles. The maximum atomic E-state index is 13.7. The molecule has 1 amide bonds. The van der Waals surface area contributed by atoms with E-state index < -0.39 is 0 Å². The fraction of sp³-hybridized carbons (Fsp3) is 0.405. The number of para-hydroxylation sites is 1. The summed E-state index contributed by atoms with van der Waals surface area (Å²) in [5.41, 5.74) is 6.04. The Hall–Kier alpha value is -3.54. The van der Waals surface area contributed by atoms with Gasteiger partial charge in [-0.15, -0.1) is 0 Å². The van der Waals surface area contributed by atoms with E-state index in [2.05, 4.69) is 47.5 Å². The van der Waals surface area contributed by atoms with Gasteiger partial charge in [0.15, 0.2) is 0 Å². The number of carbonyl (C=O) groups is 1. The van der Waals surface area contributed by atoms with Crippen molar-refractivity contribution < 1.29 is 9.53 Å². The van der Waals surface area contributed by atoms with Crippen LogP contribution in [0.2, 0.25) is 0 Å². The van der Waals surface area contributed by atoms with E-state index in [0.29, 0.717) is 6.61 Å². The summed E-state index contributed by atoms with van der Waals surface area (Å²) in [6.45, 7) is 4.80. The first-order chi connectivity index (χ1) is 20.7. The van der Waals surface area contributed by atoms with Crippen LogP contribution in [-0.4, -0.2) is 41.0 Å². The number of pyridine rings is 1. The summed E-state index contributed by atoms with van der Waals surface area (Å²) < 4.78 is 6.69. The highest BCUT2D eigenvalue weighted by molar-refractivity contribution is 5.92. The first-order valence-corrected chi connectivity index (χ1v) is 15.9. The molecular weight excluding hydrogens is 518 g/mol. The zero-order valence-corrected chi connectivity index (χ0v) is 24.8. The molecule has 0 unspecified atom stereocenters. The first kappa shape index (κ1) is 28.6. The number of fused-ring (bicyclic) bond motifs is 1. The third-order valence-electron chi connectivity index (χ3n) is 9.22. The molecule has 1 aromatic heterocycles. The van der Waals surface area contributed by atoms with Crippen molar-refractivity contribution in [2.45, 2.75) is 83.1 Å². The molecule has 42 heavy (non-hydrogen) atoms. The Morgan fingerprint density at radius 1 is 0.881 bits per heavy atom. The molecule has 218 valence electrons. The van der Waals surface area contributed by atoms with Gasteiger partial charge in [-0.1, -0.05) is 98.6 Å². The molecule has 1 N–H and O–H groups in total. The Morgan fingerprint density at radius 2 is 1.55 bits per heavy atom. The molecule has 5 heteroatoms. The molecule has 1 aliphatic heterocycles. The van der Waals surface area contributed by atoms with E-state index in [4.69, 9.17) is 9.72 Å². The largest absolute Gasteiger partial charge is 0.373 e. The first-order valence-electron chi connectivity index (χ1n) is 15.9. The lowest BCUT2D eigenvalue weighted by Gasteiger charge is -2.36. The predicted octanol–water partition coefficient (Wildman–Crippen LogP) is 7.64. The number of rotatable bonds is 10. The van der Waals surface area contributed by atoms with Gasteiger partial charge in [-0.3, -0.25) is 4.79 Å². The number of carbonyl (C=O) groups excluding carboxylic acids is 1. The second-order valence-corrected chi connectivity index (χ2v) is 11.9. The van der Waals surface area contributed by atoms with Gasteiger partial charge in [-0.05, 0) is 49.3 Å². The highest BCUT2D eigenvalue weighted by Gasteiger charge is 2.28. The molecule has 3 aromatic carbocycles. The molecule has 2 aliphatic rings. The molecule has 1 aliphatic carbocycles. The van der Waals surface area contributed by atoms with Crippen LogP contribution in [0.5, 0.6) is 0 Å². The van der Waals surface area contributed by atoms with Crippen molar-refractivity contribution in [2.24, 2.45) is 0 Å². The molecule has 1 atom stereocenters. The fourth-order valence-electron chi connectivity index (χ4n) is 6.90. The summed E-state index contributed by atoms with van der Waals surface area (Å²) in [6, 6.07) is 29.5. The number of hydrogen-bond acceptors (Lipinski definition) is 4. The summed E-state index contributed by atoms with van der Waals surface area (Å²) in [5.74, 6) is 0.0205. The number of nitrogens with one attached hydrogen (secondary N) is 1. The molecule has 1 saturated heterocycles. The van der Waals surface area contributed by atoms with Crippen molar-refractivity contribution in [3.05, 3.63) is 102 Å². The van der Waals surface area contributed by atoms with Gasteiger partial charge in [0, 0.05) is 35.6 Å². The van der Waals surface area contributed by atoms with E-state index in [0.717, 1.165) is 77.2 Å². The molecule has 0 bridgehead atoms. The second kappa shape index (κ2) is 13.6. The monoisotopic (exact) mass is 561 g/mol. The van der Waals surface area contributed by atoms with Gasteiger partial charge in [0.05, 0.1) is 36.4 Å². The number of piperidine rings is 1. The summed E-state index contributed by atoms with van der Waals surface area (Å²) in [5, 5.41) is 4.34. The van der Waals surface area contributed by atoms with E-state index in [9.17, 15) is 4.79 Å². The van der Waals surface area contributed by atoms with Crippen LogP contribution in [0.15, 0.2) is 84.9 Å².